The van der Waals surface area contributed by atoms with Gasteiger partial charge in [-0.05, 0) is 31.2 Å². The molecule has 0 saturated carbocycles. The van der Waals surface area contributed by atoms with Crippen molar-refractivity contribution in [1.29, 1.82) is 0 Å². The highest BCUT2D eigenvalue weighted by molar-refractivity contribution is 6.06. The third kappa shape index (κ3) is 2.58. The third-order valence-electron chi connectivity index (χ3n) is 3.40. The molecule has 4 N–H and O–H groups in total. The lowest BCUT2D eigenvalue weighted by Gasteiger charge is -2.13. The van der Waals surface area contributed by atoms with Gasteiger partial charge in [0.15, 0.2) is 0 Å². The minimum absolute atomic E-state index is 0.482. The number of primary amides is 1. The van der Waals surface area contributed by atoms with Crippen molar-refractivity contribution in [2.75, 3.05) is 5.32 Å². The lowest BCUT2D eigenvalue weighted by molar-refractivity contribution is -0.120. The Morgan fingerprint density at radius 3 is 2.59 bits per heavy atom. The number of para-hydroxylation sites is 1. The molecule has 0 aliphatic heterocycles. The van der Waals surface area contributed by atoms with Crippen molar-refractivity contribution in [2.24, 2.45) is 5.73 Å². The van der Waals surface area contributed by atoms with E-state index < -0.39 is 18.0 Å². The largest absolute Gasteiger partial charge is 0.456 e. The van der Waals surface area contributed by atoms with Crippen molar-refractivity contribution in [2.45, 2.75) is 13.0 Å². The SMILES string of the molecule is C[C@@H](Nc1ccc2oc3ccccc3c2c1)C(=O)NC(N)=O. The first kappa shape index (κ1) is 13.9. The number of imide groups is 1. The minimum Gasteiger partial charge on any atom is -0.456 e. The number of carbonyl (C=O) groups excluding carboxylic acids is 2. The summed E-state index contributed by atoms with van der Waals surface area (Å²) in [5.74, 6) is -0.482. The van der Waals surface area contributed by atoms with E-state index in [0.717, 1.165) is 27.6 Å². The van der Waals surface area contributed by atoms with Gasteiger partial charge in [0.25, 0.3) is 0 Å². The second-order valence-electron chi connectivity index (χ2n) is 5.03. The zero-order valence-electron chi connectivity index (χ0n) is 11.9. The van der Waals surface area contributed by atoms with Gasteiger partial charge in [-0.25, -0.2) is 4.79 Å². The van der Waals surface area contributed by atoms with E-state index in [4.69, 9.17) is 10.2 Å². The van der Waals surface area contributed by atoms with E-state index in [1.807, 2.05) is 47.8 Å². The van der Waals surface area contributed by atoms with Crippen LogP contribution in [0.4, 0.5) is 10.5 Å². The van der Waals surface area contributed by atoms with Gasteiger partial charge in [-0.15, -0.1) is 0 Å². The van der Waals surface area contributed by atoms with E-state index in [2.05, 4.69) is 5.32 Å². The third-order valence-corrected chi connectivity index (χ3v) is 3.40. The zero-order valence-corrected chi connectivity index (χ0v) is 11.9. The second kappa shape index (κ2) is 5.40. The molecule has 1 aromatic heterocycles. The van der Waals surface area contributed by atoms with Gasteiger partial charge in [0.2, 0.25) is 5.91 Å². The lowest BCUT2D eigenvalue weighted by atomic mass is 10.1. The van der Waals surface area contributed by atoms with Crippen LogP contribution in [-0.4, -0.2) is 18.0 Å². The number of amides is 3. The molecule has 6 nitrogen and oxygen atoms in total. The Kier molecular flexibility index (Phi) is 3.42. The standard InChI is InChI=1S/C16H15N3O3/c1-9(15(20)19-16(17)21)18-10-6-7-14-12(8-10)11-4-2-3-5-13(11)22-14/h2-9,18H,1H3,(H3,17,19,20,21)/t9-/m1/s1. The fourth-order valence-corrected chi connectivity index (χ4v) is 2.36. The van der Waals surface area contributed by atoms with Gasteiger partial charge in [0.1, 0.15) is 17.2 Å². The summed E-state index contributed by atoms with van der Waals surface area (Å²) in [4.78, 5) is 22.4. The van der Waals surface area contributed by atoms with E-state index in [9.17, 15) is 9.59 Å². The number of nitrogens with two attached hydrogens (primary N) is 1. The number of urea groups is 1. The van der Waals surface area contributed by atoms with Crippen LogP contribution in [0.25, 0.3) is 21.9 Å². The molecule has 0 spiro atoms. The Morgan fingerprint density at radius 1 is 1.09 bits per heavy atom. The van der Waals surface area contributed by atoms with Gasteiger partial charge in [-0.3, -0.25) is 10.1 Å². The van der Waals surface area contributed by atoms with Crippen LogP contribution in [0.15, 0.2) is 46.9 Å². The van der Waals surface area contributed by atoms with Crippen LogP contribution in [0.2, 0.25) is 0 Å². The average Bonchev–Trinajstić information content (AvgIpc) is 2.84. The monoisotopic (exact) mass is 297 g/mol. The van der Waals surface area contributed by atoms with Gasteiger partial charge in [-0.1, -0.05) is 18.2 Å². The molecular formula is C16H15N3O3. The summed E-state index contributed by atoms with van der Waals surface area (Å²) in [7, 11) is 0. The number of anilines is 1. The molecule has 3 amide bonds. The molecule has 0 saturated heterocycles. The Hall–Kier alpha value is -3.02. The van der Waals surface area contributed by atoms with E-state index in [1.54, 1.807) is 6.92 Å². The number of furan rings is 1. The Bertz CT molecular complexity index is 869. The Morgan fingerprint density at radius 2 is 1.82 bits per heavy atom. The van der Waals surface area contributed by atoms with Crippen LogP contribution in [0, 0.1) is 0 Å². The van der Waals surface area contributed by atoms with Crippen molar-refractivity contribution >= 4 is 39.6 Å². The van der Waals surface area contributed by atoms with Crippen molar-refractivity contribution in [3.8, 4) is 0 Å². The quantitative estimate of drug-likeness (QED) is 0.692. The fraction of sp³-hybridized carbons (Fsp3) is 0.125. The predicted molar refractivity (Wildman–Crippen MR) is 84.5 cm³/mol. The second-order valence-corrected chi connectivity index (χ2v) is 5.03. The van der Waals surface area contributed by atoms with Crippen molar-refractivity contribution in [1.82, 2.24) is 5.32 Å². The van der Waals surface area contributed by atoms with E-state index >= 15 is 0 Å². The van der Waals surface area contributed by atoms with Crippen molar-refractivity contribution in [3.63, 3.8) is 0 Å². The first-order valence-corrected chi connectivity index (χ1v) is 6.83. The number of benzene rings is 2. The number of fused-ring (bicyclic) bond motifs is 3. The molecule has 0 radical (unpaired) electrons. The lowest BCUT2D eigenvalue weighted by Crippen LogP contribution is -2.43. The van der Waals surface area contributed by atoms with E-state index in [1.165, 1.54) is 0 Å². The topological polar surface area (TPSA) is 97.4 Å². The Labute approximate surface area is 126 Å². The molecule has 1 heterocycles. The number of carbonyl (C=O) groups is 2. The van der Waals surface area contributed by atoms with Crippen LogP contribution in [0.3, 0.4) is 0 Å². The predicted octanol–water partition coefficient (Wildman–Crippen LogP) is 2.58. The maximum atomic E-state index is 11.7. The smallest absolute Gasteiger partial charge is 0.318 e. The number of rotatable bonds is 3. The van der Waals surface area contributed by atoms with Gasteiger partial charge in [0.05, 0.1) is 0 Å². The normalized spacial score (nSPS) is 12.2. The molecule has 1 atom stereocenters. The Balaban J connectivity index is 1.90. The summed E-state index contributed by atoms with van der Waals surface area (Å²) in [6.07, 6.45) is 0. The summed E-state index contributed by atoms with van der Waals surface area (Å²) < 4.78 is 5.74. The van der Waals surface area contributed by atoms with Crippen LogP contribution in [0.1, 0.15) is 6.92 Å². The highest BCUT2D eigenvalue weighted by atomic mass is 16.3. The summed E-state index contributed by atoms with van der Waals surface area (Å²) >= 11 is 0. The molecule has 3 rings (SSSR count). The number of nitrogens with one attached hydrogen (secondary N) is 2. The first-order valence-electron chi connectivity index (χ1n) is 6.83. The fourth-order valence-electron chi connectivity index (χ4n) is 2.36. The van der Waals surface area contributed by atoms with E-state index in [-0.39, 0.29) is 0 Å². The van der Waals surface area contributed by atoms with Gasteiger partial charge in [-0.2, -0.15) is 0 Å². The van der Waals surface area contributed by atoms with Gasteiger partial charge in [0, 0.05) is 16.5 Å². The summed E-state index contributed by atoms with van der Waals surface area (Å²) in [6, 6.07) is 11.9. The highest BCUT2D eigenvalue weighted by Crippen LogP contribution is 2.30. The zero-order chi connectivity index (χ0) is 15.7. The number of hydrogen-bond acceptors (Lipinski definition) is 4. The molecule has 0 bridgehead atoms. The molecule has 0 aliphatic carbocycles. The molecule has 0 unspecified atom stereocenters. The summed E-state index contributed by atoms with van der Waals surface area (Å²) in [5.41, 5.74) is 7.28. The van der Waals surface area contributed by atoms with Crippen LogP contribution in [0.5, 0.6) is 0 Å². The maximum absolute atomic E-state index is 11.7. The molecule has 22 heavy (non-hydrogen) atoms. The average molecular weight is 297 g/mol. The molecule has 0 fully saturated rings. The first-order chi connectivity index (χ1) is 10.5. The summed E-state index contributed by atoms with van der Waals surface area (Å²) in [6.45, 7) is 1.65. The van der Waals surface area contributed by atoms with Crippen LogP contribution in [-0.2, 0) is 4.79 Å². The number of hydrogen-bond donors (Lipinski definition) is 3. The van der Waals surface area contributed by atoms with Crippen molar-refractivity contribution in [3.05, 3.63) is 42.5 Å². The maximum Gasteiger partial charge on any atom is 0.318 e. The molecule has 3 aromatic rings. The highest BCUT2D eigenvalue weighted by Gasteiger charge is 2.15. The van der Waals surface area contributed by atoms with Crippen molar-refractivity contribution < 1.29 is 14.0 Å². The van der Waals surface area contributed by atoms with E-state index in [0.29, 0.717) is 0 Å². The molecule has 2 aromatic carbocycles. The van der Waals surface area contributed by atoms with Crippen LogP contribution >= 0.6 is 0 Å². The van der Waals surface area contributed by atoms with Gasteiger partial charge >= 0.3 is 6.03 Å². The molecule has 112 valence electrons. The van der Waals surface area contributed by atoms with Gasteiger partial charge < -0.3 is 15.5 Å². The van der Waals surface area contributed by atoms with Crippen LogP contribution < -0.4 is 16.4 Å². The molecule has 6 heteroatoms. The summed E-state index contributed by atoms with van der Waals surface area (Å²) in [5, 5.41) is 7.05. The molecule has 0 aliphatic rings. The molecular weight excluding hydrogens is 282 g/mol. The minimum atomic E-state index is -0.866.